The lowest BCUT2D eigenvalue weighted by Gasteiger charge is -2.40. The van der Waals surface area contributed by atoms with Crippen LogP contribution >= 0.6 is 0 Å². The van der Waals surface area contributed by atoms with Crippen LogP contribution in [0.2, 0.25) is 0 Å². The van der Waals surface area contributed by atoms with E-state index in [2.05, 4.69) is 50.0 Å². The third-order valence-electron chi connectivity index (χ3n) is 5.09. The van der Waals surface area contributed by atoms with Gasteiger partial charge in [0.2, 0.25) is 0 Å². The molecule has 1 unspecified atom stereocenters. The number of likely N-dealkylation sites (N-methyl/N-ethyl adjacent to an activating group) is 1. The first-order chi connectivity index (χ1) is 9.10. The lowest BCUT2D eigenvalue weighted by atomic mass is 9.81. The van der Waals surface area contributed by atoms with E-state index in [0.29, 0.717) is 5.41 Å². The molecule has 1 N–H and O–H groups in total. The van der Waals surface area contributed by atoms with E-state index in [9.17, 15) is 0 Å². The first kappa shape index (κ1) is 16.9. The Labute approximate surface area is 120 Å². The normalized spacial score (nSPS) is 23.5. The maximum Gasteiger partial charge on any atom is 0.0220 e. The van der Waals surface area contributed by atoms with Gasteiger partial charge >= 0.3 is 0 Å². The molecule has 0 amide bonds. The molecule has 1 aliphatic heterocycles. The van der Waals surface area contributed by atoms with E-state index in [1.54, 1.807) is 0 Å². The van der Waals surface area contributed by atoms with Crippen molar-refractivity contribution in [3.8, 4) is 0 Å². The Hall–Kier alpha value is -0.120. The molecule has 0 spiro atoms. The molecule has 3 nitrogen and oxygen atoms in total. The quantitative estimate of drug-likeness (QED) is 0.766. The maximum atomic E-state index is 3.42. The van der Waals surface area contributed by atoms with Crippen molar-refractivity contribution < 1.29 is 0 Å². The van der Waals surface area contributed by atoms with E-state index in [0.717, 1.165) is 12.6 Å². The smallest absolute Gasteiger partial charge is 0.0220 e. The highest BCUT2D eigenvalue weighted by Gasteiger charge is 2.31. The third kappa shape index (κ3) is 4.73. The van der Waals surface area contributed by atoms with Gasteiger partial charge in [-0.05, 0) is 58.3 Å². The first-order valence-electron chi connectivity index (χ1n) is 8.18. The Kier molecular flexibility index (Phi) is 7.33. The molecule has 1 heterocycles. The molecule has 1 fully saturated rings. The van der Waals surface area contributed by atoms with Gasteiger partial charge in [0.25, 0.3) is 0 Å². The van der Waals surface area contributed by atoms with Gasteiger partial charge in [-0.3, -0.25) is 4.90 Å². The Morgan fingerprint density at radius 1 is 1.16 bits per heavy atom. The van der Waals surface area contributed by atoms with Gasteiger partial charge in [-0.15, -0.1) is 0 Å². The van der Waals surface area contributed by atoms with Crippen LogP contribution in [0.1, 0.15) is 46.5 Å². The number of hydrogen-bond donors (Lipinski definition) is 1. The highest BCUT2D eigenvalue weighted by atomic mass is 15.2. The summed E-state index contributed by atoms with van der Waals surface area (Å²) in [7, 11) is 4.36. The van der Waals surface area contributed by atoms with Crippen LogP contribution in [-0.2, 0) is 0 Å². The average Bonchev–Trinajstić information content (AvgIpc) is 2.59. The molecule has 0 bridgehead atoms. The minimum atomic E-state index is 0.449. The van der Waals surface area contributed by atoms with E-state index in [4.69, 9.17) is 0 Å². The third-order valence-corrected chi connectivity index (χ3v) is 5.09. The monoisotopic (exact) mass is 269 g/mol. The van der Waals surface area contributed by atoms with Gasteiger partial charge in [-0.2, -0.15) is 0 Å². The summed E-state index contributed by atoms with van der Waals surface area (Å²) in [4.78, 5) is 5.28. The molecule has 0 aromatic carbocycles. The van der Waals surface area contributed by atoms with Crippen LogP contribution in [0.15, 0.2) is 0 Å². The number of nitrogens with one attached hydrogen (secondary N) is 1. The van der Waals surface area contributed by atoms with Crippen molar-refractivity contribution in [1.82, 2.24) is 15.1 Å². The van der Waals surface area contributed by atoms with Crippen LogP contribution in [0.25, 0.3) is 0 Å². The van der Waals surface area contributed by atoms with Crippen LogP contribution in [0.4, 0.5) is 0 Å². The van der Waals surface area contributed by atoms with Crippen molar-refractivity contribution in [2.45, 2.75) is 52.5 Å². The van der Waals surface area contributed by atoms with Gasteiger partial charge in [0.15, 0.2) is 0 Å². The summed E-state index contributed by atoms with van der Waals surface area (Å²) in [5.41, 5.74) is 0.449. The van der Waals surface area contributed by atoms with Gasteiger partial charge in [0.05, 0.1) is 0 Å². The van der Waals surface area contributed by atoms with E-state index in [1.165, 1.54) is 51.9 Å². The molecule has 1 aliphatic rings. The van der Waals surface area contributed by atoms with Crippen molar-refractivity contribution >= 4 is 0 Å². The van der Waals surface area contributed by atoms with Crippen LogP contribution in [0.3, 0.4) is 0 Å². The van der Waals surface area contributed by atoms with Crippen LogP contribution < -0.4 is 5.32 Å². The molecule has 3 heteroatoms. The van der Waals surface area contributed by atoms with Crippen molar-refractivity contribution in [2.24, 2.45) is 5.41 Å². The highest BCUT2D eigenvalue weighted by molar-refractivity contribution is 4.87. The van der Waals surface area contributed by atoms with E-state index < -0.39 is 0 Å². The maximum absolute atomic E-state index is 3.42. The zero-order valence-corrected chi connectivity index (χ0v) is 13.8. The van der Waals surface area contributed by atoms with Crippen molar-refractivity contribution in [3.63, 3.8) is 0 Å². The molecule has 0 aromatic rings. The predicted octanol–water partition coefficient (Wildman–Crippen LogP) is 2.43. The second-order valence-corrected chi connectivity index (χ2v) is 6.39. The minimum absolute atomic E-state index is 0.449. The predicted molar refractivity (Wildman–Crippen MR) is 84.7 cm³/mol. The summed E-state index contributed by atoms with van der Waals surface area (Å²) in [5.74, 6) is 0. The SMILES string of the molecule is CCC1CN(C)CCCN1CC(CC)(CC)CNC. The summed E-state index contributed by atoms with van der Waals surface area (Å²) >= 11 is 0. The molecule has 0 aromatic heterocycles. The van der Waals surface area contributed by atoms with Crippen LogP contribution in [0.5, 0.6) is 0 Å². The van der Waals surface area contributed by atoms with Crippen LogP contribution in [-0.4, -0.2) is 62.7 Å². The molecular formula is C16H35N3. The lowest BCUT2D eigenvalue weighted by molar-refractivity contribution is 0.0970. The fourth-order valence-corrected chi connectivity index (χ4v) is 3.47. The molecule has 114 valence electrons. The Morgan fingerprint density at radius 3 is 2.37 bits per heavy atom. The van der Waals surface area contributed by atoms with Gasteiger partial charge in [-0.1, -0.05) is 20.8 Å². The highest BCUT2D eigenvalue weighted by Crippen LogP contribution is 2.29. The summed E-state index contributed by atoms with van der Waals surface area (Å²) in [6.45, 7) is 13.2. The molecular weight excluding hydrogens is 234 g/mol. The molecule has 1 rings (SSSR count). The van der Waals surface area contributed by atoms with E-state index in [-0.39, 0.29) is 0 Å². The van der Waals surface area contributed by atoms with Gasteiger partial charge < -0.3 is 10.2 Å². The molecule has 0 saturated carbocycles. The van der Waals surface area contributed by atoms with Crippen molar-refractivity contribution in [1.29, 1.82) is 0 Å². The summed E-state index contributed by atoms with van der Waals surface area (Å²) in [5, 5.41) is 3.42. The summed E-state index contributed by atoms with van der Waals surface area (Å²) in [6.07, 6.45) is 5.13. The van der Waals surface area contributed by atoms with Gasteiger partial charge in [0, 0.05) is 25.7 Å². The van der Waals surface area contributed by atoms with E-state index in [1.807, 2.05) is 0 Å². The standard InChI is InChI=1S/C16H35N3/c1-6-15-12-18(5)10-9-11-19(15)14-16(7-2,8-3)13-17-4/h15,17H,6-14H2,1-5H3. The fourth-order valence-electron chi connectivity index (χ4n) is 3.47. The molecule has 1 saturated heterocycles. The molecule has 1 atom stereocenters. The zero-order valence-electron chi connectivity index (χ0n) is 13.8. The Bertz CT molecular complexity index is 238. The van der Waals surface area contributed by atoms with Crippen LogP contribution in [0, 0.1) is 5.41 Å². The molecule has 0 aliphatic carbocycles. The van der Waals surface area contributed by atoms with Gasteiger partial charge in [-0.25, -0.2) is 0 Å². The fraction of sp³-hybridized carbons (Fsp3) is 1.00. The minimum Gasteiger partial charge on any atom is -0.319 e. The largest absolute Gasteiger partial charge is 0.319 e. The topological polar surface area (TPSA) is 18.5 Å². The molecule has 0 radical (unpaired) electrons. The van der Waals surface area contributed by atoms with Gasteiger partial charge in [0.1, 0.15) is 0 Å². The summed E-state index contributed by atoms with van der Waals surface area (Å²) in [6, 6.07) is 0.738. The Balaban J connectivity index is 2.74. The Morgan fingerprint density at radius 2 is 1.84 bits per heavy atom. The first-order valence-corrected chi connectivity index (χ1v) is 8.18. The second kappa shape index (κ2) is 8.23. The second-order valence-electron chi connectivity index (χ2n) is 6.39. The number of hydrogen-bond acceptors (Lipinski definition) is 3. The van der Waals surface area contributed by atoms with Crippen molar-refractivity contribution in [2.75, 3.05) is 46.8 Å². The molecule has 19 heavy (non-hydrogen) atoms. The number of nitrogens with zero attached hydrogens (tertiary/aromatic N) is 2. The lowest BCUT2D eigenvalue weighted by Crippen LogP contribution is -2.48. The average molecular weight is 269 g/mol. The van der Waals surface area contributed by atoms with Crippen molar-refractivity contribution in [3.05, 3.63) is 0 Å². The summed E-state index contributed by atoms with van der Waals surface area (Å²) < 4.78 is 0. The zero-order chi connectivity index (χ0) is 14.3. The van der Waals surface area contributed by atoms with E-state index >= 15 is 0 Å². The number of rotatable bonds is 7.